The lowest BCUT2D eigenvalue weighted by Crippen LogP contribution is -2.45. The zero-order valence-corrected chi connectivity index (χ0v) is 11.6. The van der Waals surface area contributed by atoms with Gasteiger partial charge >= 0.3 is 12.1 Å². The number of carboxylic acid groups (broad SMARTS) is 1. The second kappa shape index (κ2) is 6.36. The normalized spacial score (nSPS) is 14.2. The topological polar surface area (TPSA) is 75.6 Å². The second-order valence-electron chi connectivity index (χ2n) is 5.27. The molecule has 5 nitrogen and oxygen atoms in total. The maximum Gasteiger partial charge on any atom is 0.408 e. The number of hydrogen-bond acceptors (Lipinski definition) is 3. The van der Waals surface area contributed by atoms with Crippen molar-refractivity contribution in [1.82, 2.24) is 5.32 Å². The van der Waals surface area contributed by atoms with Gasteiger partial charge in [0.1, 0.15) is 5.60 Å². The lowest BCUT2D eigenvalue weighted by atomic mass is 10.0. The number of alkyl halides is 1. The summed E-state index contributed by atoms with van der Waals surface area (Å²) in [5, 5.41) is 11.1. The highest BCUT2D eigenvalue weighted by molar-refractivity contribution is 5.80. The van der Waals surface area contributed by atoms with Crippen molar-refractivity contribution in [3.63, 3.8) is 0 Å². The molecule has 110 valence electrons. The molecule has 0 aliphatic rings. The van der Waals surface area contributed by atoms with E-state index in [1.807, 2.05) is 5.32 Å². The number of rotatable bonds is 4. The predicted molar refractivity (Wildman–Crippen MR) is 71.1 cm³/mol. The van der Waals surface area contributed by atoms with Crippen LogP contribution in [0.5, 0.6) is 0 Å². The highest BCUT2D eigenvalue weighted by atomic mass is 19.1. The number of aliphatic carboxylic acids is 1. The summed E-state index contributed by atoms with van der Waals surface area (Å²) in [7, 11) is 0. The summed E-state index contributed by atoms with van der Waals surface area (Å²) in [4.78, 5) is 22.7. The van der Waals surface area contributed by atoms with Crippen LogP contribution in [0.2, 0.25) is 0 Å². The predicted octanol–water partition coefficient (Wildman–Crippen LogP) is 2.68. The first-order valence-electron chi connectivity index (χ1n) is 6.12. The largest absolute Gasteiger partial charge is 0.480 e. The van der Waals surface area contributed by atoms with E-state index in [1.165, 1.54) is 12.1 Å². The number of nitrogens with one attached hydrogen (secondary N) is 1. The van der Waals surface area contributed by atoms with Gasteiger partial charge in [-0.15, -0.1) is 0 Å². The van der Waals surface area contributed by atoms with E-state index >= 15 is 0 Å². The van der Waals surface area contributed by atoms with E-state index in [2.05, 4.69) is 0 Å². The zero-order chi connectivity index (χ0) is 15.3. The number of amides is 1. The molecule has 1 aromatic rings. The van der Waals surface area contributed by atoms with Crippen LogP contribution in [0.4, 0.5) is 9.18 Å². The van der Waals surface area contributed by atoms with Crippen molar-refractivity contribution < 1.29 is 23.8 Å². The number of hydrogen-bond donors (Lipinski definition) is 2. The molecule has 0 aliphatic heterocycles. The van der Waals surface area contributed by atoms with E-state index in [0.717, 1.165) is 0 Å². The first-order valence-corrected chi connectivity index (χ1v) is 6.12. The third-order valence-electron chi connectivity index (χ3n) is 2.35. The molecule has 0 bridgehead atoms. The van der Waals surface area contributed by atoms with E-state index in [4.69, 9.17) is 9.84 Å². The fourth-order valence-corrected chi connectivity index (χ4v) is 1.52. The standard InChI is InChI=1S/C14H18FNO4/c1-14(2,3)20-13(19)16-11(12(17)18)10(15)9-7-5-4-6-8-9/h4-8,10-11H,1-3H3,(H,16,19)(H,17,18)/t10?,11-/m0/s1. The Hall–Kier alpha value is -2.11. The van der Waals surface area contributed by atoms with Crippen LogP contribution in [0.1, 0.15) is 32.5 Å². The van der Waals surface area contributed by atoms with Crippen LogP contribution in [0.15, 0.2) is 30.3 Å². The van der Waals surface area contributed by atoms with Gasteiger partial charge in [0.15, 0.2) is 12.2 Å². The van der Waals surface area contributed by atoms with E-state index in [1.54, 1.807) is 39.0 Å². The molecule has 0 fully saturated rings. The maximum atomic E-state index is 14.2. The van der Waals surface area contributed by atoms with Gasteiger partial charge in [-0.1, -0.05) is 30.3 Å². The molecule has 1 aromatic carbocycles. The van der Waals surface area contributed by atoms with Crippen LogP contribution < -0.4 is 5.32 Å². The maximum absolute atomic E-state index is 14.2. The molecule has 0 spiro atoms. The average Bonchev–Trinajstić information content (AvgIpc) is 2.34. The van der Waals surface area contributed by atoms with Crippen LogP contribution in [0, 0.1) is 0 Å². The first kappa shape index (κ1) is 15.9. The van der Waals surface area contributed by atoms with Gasteiger partial charge in [0.05, 0.1) is 0 Å². The van der Waals surface area contributed by atoms with Crippen LogP contribution in [-0.2, 0) is 9.53 Å². The van der Waals surface area contributed by atoms with Crippen LogP contribution in [0.25, 0.3) is 0 Å². The van der Waals surface area contributed by atoms with Crippen molar-refractivity contribution in [3.05, 3.63) is 35.9 Å². The number of ether oxygens (including phenoxy) is 1. The van der Waals surface area contributed by atoms with Gasteiger partial charge in [-0.05, 0) is 26.3 Å². The highest BCUT2D eigenvalue weighted by Crippen LogP contribution is 2.21. The molecule has 0 saturated heterocycles. The number of benzene rings is 1. The molecule has 1 rings (SSSR count). The van der Waals surface area contributed by atoms with E-state index in [-0.39, 0.29) is 5.56 Å². The first-order chi connectivity index (χ1) is 9.20. The van der Waals surface area contributed by atoms with Gasteiger partial charge in [-0.3, -0.25) is 0 Å². The Morgan fingerprint density at radius 3 is 2.25 bits per heavy atom. The Bertz CT molecular complexity index is 470. The fourth-order valence-electron chi connectivity index (χ4n) is 1.52. The Morgan fingerprint density at radius 2 is 1.80 bits per heavy atom. The Morgan fingerprint density at radius 1 is 1.25 bits per heavy atom. The van der Waals surface area contributed by atoms with Gasteiger partial charge in [-0.25, -0.2) is 14.0 Å². The number of carbonyl (C=O) groups is 2. The molecule has 0 saturated carbocycles. The number of carboxylic acids is 1. The number of carbonyl (C=O) groups excluding carboxylic acids is 1. The van der Waals surface area contributed by atoms with Crippen molar-refractivity contribution >= 4 is 12.1 Å². The van der Waals surface area contributed by atoms with Gasteiger partial charge in [0, 0.05) is 0 Å². The molecule has 0 aliphatic carbocycles. The minimum Gasteiger partial charge on any atom is -0.480 e. The summed E-state index contributed by atoms with van der Waals surface area (Å²) < 4.78 is 19.1. The highest BCUT2D eigenvalue weighted by Gasteiger charge is 2.32. The molecule has 6 heteroatoms. The molecule has 0 heterocycles. The SMILES string of the molecule is CC(C)(C)OC(=O)N[C@H](C(=O)O)C(F)c1ccccc1. The average molecular weight is 283 g/mol. The van der Waals surface area contributed by atoms with E-state index < -0.39 is 29.9 Å². The van der Waals surface area contributed by atoms with E-state index in [9.17, 15) is 14.0 Å². The summed E-state index contributed by atoms with van der Waals surface area (Å²) in [6, 6.07) is 6.08. The molecular formula is C14H18FNO4. The lowest BCUT2D eigenvalue weighted by Gasteiger charge is -2.23. The molecule has 1 unspecified atom stereocenters. The van der Waals surface area contributed by atoms with Crippen LogP contribution in [0.3, 0.4) is 0 Å². The minimum absolute atomic E-state index is 0.177. The smallest absolute Gasteiger partial charge is 0.408 e. The van der Waals surface area contributed by atoms with Gasteiger partial charge in [0.25, 0.3) is 0 Å². The summed E-state index contributed by atoms with van der Waals surface area (Å²) in [6.07, 6.45) is -2.83. The Labute approximate surface area is 116 Å². The van der Waals surface area contributed by atoms with Crippen molar-refractivity contribution in [2.45, 2.75) is 38.6 Å². The van der Waals surface area contributed by atoms with E-state index in [0.29, 0.717) is 0 Å². The summed E-state index contributed by atoms with van der Waals surface area (Å²) in [6.45, 7) is 4.89. The lowest BCUT2D eigenvalue weighted by molar-refractivity contribution is -0.141. The quantitative estimate of drug-likeness (QED) is 0.890. The van der Waals surface area contributed by atoms with Gasteiger partial charge in [0.2, 0.25) is 0 Å². The van der Waals surface area contributed by atoms with Gasteiger partial charge < -0.3 is 15.2 Å². The third-order valence-corrected chi connectivity index (χ3v) is 2.35. The Balaban J connectivity index is 2.80. The molecule has 20 heavy (non-hydrogen) atoms. The molecule has 1 amide bonds. The number of halogens is 1. The van der Waals surface area contributed by atoms with Crippen molar-refractivity contribution in [3.8, 4) is 0 Å². The minimum atomic E-state index is -1.86. The molecule has 2 N–H and O–H groups in total. The second-order valence-corrected chi connectivity index (χ2v) is 5.27. The molecule has 0 aromatic heterocycles. The molecular weight excluding hydrogens is 265 g/mol. The molecule has 2 atom stereocenters. The summed E-state index contributed by atoms with van der Waals surface area (Å²) in [5.74, 6) is -1.47. The van der Waals surface area contributed by atoms with Crippen molar-refractivity contribution in [2.24, 2.45) is 0 Å². The van der Waals surface area contributed by atoms with Crippen molar-refractivity contribution in [1.29, 1.82) is 0 Å². The Kier molecular flexibility index (Phi) is 5.07. The van der Waals surface area contributed by atoms with Crippen LogP contribution in [-0.4, -0.2) is 28.8 Å². The monoisotopic (exact) mass is 283 g/mol. The van der Waals surface area contributed by atoms with Gasteiger partial charge in [-0.2, -0.15) is 0 Å². The summed E-state index contributed by atoms with van der Waals surface area (Å²) in [5.41, 5.74) is -0.609. The summed E-state index contributed by atoms with van der Waals surface area (Å²) >= 11 is 0. The molecule has 0 radical (unpaired) electrons. The van der Waals surface area contributed by atoms with Crippen molar-refractivity contribution in [2.75, 3.05) is 0 Å². The zero-order valence-electron chi connectivity index (χ0n) is 11.6. The number of alkyl carbamates (subject to hydrolysis) is 1. The van der Waals surface area contributed by atoms with Crippen LogP contribution >= 0.6 is 0 Å². The third kappa shape index (κ3) is 4.87. The fraction of sp³-hybridized carbons (Fsp3) is 0.429.